The van der Waals surface area contributed by atoms with Gasteiger partial charge in [-0.2, -0.15) is 18.3 Å². The minimum absolute atomic E-state index is 0.105. The van der Waals surface area contributed by atoms with Crippen molar-refractivity contribution < 1.29 is 22.7 Å². The summed E-state index contributed by atoms with van der Waals surface area (Å²) in [6.45, 7) is 5.07. The van der Waals surface area contributed by atoms with E-state index in [-0.39, 0.29) is 23.7 Å². The largest absolute Gasteiger partial charge is 0.417 e. The van der Waals surface area contributed by atoms with Crippen molar-refractivity contribution >= 4 is 5.91 Å². The molecule has 0 N–H and O–H groups in total. The van der Waals surface area contributed by atoms with Gasteiger partial charge in [-0.15, -0.1) is 0 Å². The molecule has 9 heteroatoms. The number of nitrogens with zero attached hydrogens (tertiary/aromatic N) is 4. The zero-order valence-corrected chi connectivity index (χ0v) is 17.7. The van der Waals surface area contributed by atoms with Crippen LogP contribution in [0, 0.1) is 0 Å². The summed E-state index contributed by atoms with van der Waals surface area (Å²) in [6, 6.07) is 11.9. The summed E-state index contributed by atoms with van der Waals surface area (Å²) in [4.78, 5) is 19.0. The highest BCUT2D eigenvalue weighted by molar-refractivity contribution is 5.95. The Morgan fingerprint density at radius 1 is 1.12 bits per heavy atom. The first-order valence-corrected chi connectivity index (χ1v) is 10.3. The molecule has 32 heavy (non-hydrogen) atoms. The van der Waals surface area contributed by atoms with Crippen LogP contribution >= 0.6 is 0 Å². The third kappa shape index (κ3) is 4.38. The molecular weight excluding hydrogens is 421 g/mol. The van der Waals surface area contributed by atoms with Crippen LogP contribution in [-0.2, 0) is 10.9 Å². The first-order valence-electron chi connectivity index (χ1n) is 10.3. The fourth-order valence-corrected chi connectivity index (χ4v) is 3.81. The molecule has 0 saturated carbocycles. The van der Waals surface area contributed by atoms with Crippen LogP contribution in [0.2, 0.25) is 0 Å². The Labute approximate surface area is 183 Å². The van der Waals surface area contributed by atoms with E-state index in [4.69, 9.17) is 4.74 Å². The quantitative estimate of drug-likeness (QED) is 0.589. The van der Waals surface area contributed by atoms with Crippen molar-refractivity contribution in [2.75, 3.05) is 19.7 Å². The van der Waals surface area contributed by atoms with E-state index in [1.807, 2.05) is 44.2 Å². The standard InChI is InChI=1S/C23H23F3N4O2/c1-15(2)21-18(13-28-30(21)20-9-8-17(12-27-20)23(24,25)26)22(31)29-10-11-32-19(14-29)16-6-4-3-5-7-16/h3-9,12-13,15,19H,10-11,14H2,1-2H3. The number of ether oxygens (including phenoxy) is 1. The Balaban J connectivity index is 1.61. The van der Waals surface area contributed by atoms with Crippen molar-refractivity contribution in [3.8, 4) is 5.82 Å². The number of aromatic nitrogens is 3. The average molecular weight is 444 g/mol. The van der Waals surface area contributed by atoms with Gasteiger partial charge in [0.1, 0.15) is 6.10 Å². The number of hydrogen-bond acceptors (Lipinski definition) is 4. The lowest BCUT2D eigenvalue weighted by atomic mass is 10.0. The summed E-state index contributed by atoms with van der Waals surface area (Å²) in [5.41, 5.74) is 1.18. The molecule has 1 aliphatic rings. The first kappa shape index (κ1) is 22.0. The molecule has 4 rings (SSSR count). The minimum atomic E-state index is -4.47. The normalized spacial score (nSPS) is 17.1. The van der Waals surface area contributed by atoms with Gasteiger partial charge in [-0.05, 0) is 23.6 Å². The van der Waals surface area contributed by atoms with Crippen molar-refractivity contribution in [1.29, 1.82) is 0 Å². The van der Waals surface area contributed by atoms with Crippen LogP contribution in [0.1, 0.15) is 53.0 Å². The van der Waals surface area contributed by atoms with Gasteiger partial charge in [-0.1, -0.05) is 44.2 Å². The Morgan fingerprint density at radius 3 is 2.50 bits per heavy atom. The van der Waals surface area contributed by atoms with E-state index in [1.54, 1.807) is 4.90 Å². The summed E-state index contributed by atoms with van der Waals surface area (Å²) in [5, 5.41) is 4.29. The highest BCUT2D eigenvalue weighted by Crippen LogP contribution is 2.30. The predicted molar refractivity (Wildman–Crippen MR) is 111 cm³/mol. The molecule has 1 atom stereocenters. The Hall–Kier alpha value is -3.20. The molecule has 1 amide bonds. The van der Waals surface area contributed by atoms with Crippen LogP contribution in [0.25, 0.3) is 5.82 Å². The van der Waals surface area contributed by atoms with Gasteiger partial charge in [0.25, 0.3) is 5.91 Å². The number of amides is 1. The lowest BCUT2D eigenvalue weighted by Gasteiger charge is -2.33. The fourth-order valence-electron chi connectivity index (χ4n) is 3.81. The van der Waals surface area contributed by atoms with Crippen LogP contribution in [-0.4, -0.2) is 45.3 Å². The number of pyridine rings is 1. The van der Waals surface area contributed by atoms with E-state index < -0.39 is 11.7 Å². The SMILES string of the molecule is CC(C)c1c(C(=O)N2CCOC(c3ccccc3)C2)cnn1-c1ccc(C(F)(F)F)cn1. The van der Waals surface area contributed by atoms with Gasteiger partial charge in [0, 0.05) is 12.7 Å². The second-order valence-corrected chi connectivity index (χ2v) is 7.93. The third-order valence-corrected chi connectivity index (χ3v) is 5.40. The first-order chi connectivity index (χ1) is 15.3. The molecular formula is C23H23F3N4O2. The van der Waals surface area contributed by atoms with Gasteiger partial charge in [-0.25, -0.2) is 9.67 Å². The number of morpholine rings is 1. The molecule has 6 nitrogen and oxygen atoms in total. The number of carbonyl (C=O) groups is 1. The molecule has 0 bridgehead atoms. The molecule has 3 heterocycles. The molecule has 1 unspecified atom stereocenters. The third-order valence-electron chi connectivity index (χ3n) is 5.40. The van der Waals surface area contributed by atoms with Crippen LogP contribution in [0.3, 0.4) is 0 Å². The van der Waals surface area contributed by atoms with Gasteiger partial charge in [0.2, 0.25) is 0 Å². The topological polar surface area (TPSA) is 60.3 Å². The summed E-state index contributed by atoms with van der Waals surface area (Å²) >= 11 is 0. The van der Waals surface area contributed by atoms with Crippen molar-refractivity contribution in [2.45, 2.75) is 32.0 Å². The van der Waals surface area contributed by atoms with Gasteiger partial charge < -0.3 is 9.64 Å². The van der Waals surface area contributed by atoms with E-state index in [2.05, 4.69) is 10.1 Å². The van der Waals surface area contributed by atoms with E-state index >= 15 is 0 Å². The maximum atomic E-state index is 13.4. The number of hydrogen-bond donors (Lipinski definition) is 0. The van der Waals surface area contributed by atoms with E-state index in [9.17, 15) is 18.0 Å². The molecule has 1 fully saturated rings. The summed E-state index contributed by atoms with van der Waals surface area (Å²) < 4.78 is 45.9. The van der Waals surface area contributed by atoms with Crippen molar-refractivity contribution in [2.24, 2.45) is 0 Å². The van der Waals surface area contributed by atoms with Crippen molar-refractivity contribution in [3.63, 3.8) is 0 Å². The molecule has 0 aliphatic carbocycles. The lowest BCUT2D eigenvalue weighted by Crippen LogP contribution is -2.42. The number of benzene rings is 1. The summed E-state index contributed by atoms with van der Waals surface area (Å²) in [5.74, 6) is -0.0625. The van der Waals surface area contributed by atoms with E-state index in [1.165, 1.54) is 16.9 Å². The number of rotatable bonds is 4. The average Bonchev–Trinajstić information content (AvgIpc) is 3.24. The Kier molecular flexibility index (Phi) is 6.01. The van der Waals surface area contributed by atoms with Crippen LogP contribution < -0.4 is 0 Å². The second-order valence-electron chi connectivity index (χ2n) is 7.93. The Bertz CT molecular complexity index is 1080. The second kappa shape index (κ2) is 8.74. The molecule has 168 valence electrons. The molecule has 1 aliphatic heterocycles. The molecule has 3 aromatic rings. The molecule has 0 spiro atoms. The highest BCUT2D eigenvalue weighted by Gasteiger charge is 2.32. The van der Waals surface area contributed by atoms with Gasteiger partial charge in [0.05, 0.1) is 36.2 Å². The molecule has 2 aromatic heterocycles. The number of carbonyl (C=O) groups excluding carboxylic acids is 1. The fraction of sp³-hybridized carbons (Fsp3) is 0.348. The van der Waals surface area contributed by atoms with Crippen LogP contribution in [0.5, 0.6) is 0 Å². The maximum absolute atomic E-state index is 13.4. The van der Waals surface area contributed by atoms with E-state index in [0.29, 0.717) is 31.0 Å². The van der Waals surface area contributed by atoms with Crippen molar-refractivity contribution in [1.82, 2.24) is 19.7 Å². The number of alkyl halides is 3. The van der Waals surface area contributed by atoms with Gasteiger partial charge in [0.15, 0.2) is 5.82 Å². The lowest BCUT2D eigenvalue weighted by molar-refractivity contribution is -0.137. The molecule has 1 saturated heterocycles. The molecule has 0 radical (unpaired) electrons. The maximum Gasteiger partial charge on any atom is 0.417 e. The molecule has 1 aromatic carbocycles. The van der Waals surface area contributed by atoms with Gasteiger partial charge >= 0.3 is 6.18 Å². The van der Waals surface area contributed by atoms with Gasteiger partial charge in [-0.3, -0.25) is 4.79 Å². The Morgan fingerprint density at radius 2 is 1.88 bits per heavy atom. The minimum Gasteiger partial charge on any atom is -0.370 e. The van der Waals surface area contributed by atoms with Crippen LogP contribution in [0.4, 0.5) is 13.2 Å². The zero-order chi connectivity index (χ0) is 22.9. The number of halogens is 3. The summed E-state index contributed by atoms with van der Waals surface area (Å²) in [6.07, 6.45) is -2.45. The van der Waals surface area contributed by atoms with Crippen molar-refractivity contribution in [3.05, 3.63) is 77.2 Å². The van der Waals surface area contributed by atoms with Crippen LogP contribution in [0.15, 0.2) is 54.9 Å². The van der Waals surface area contributed by atoms with E-state index in [0.717, 1.165) is 17.8 Å². The predicted octanol–water partition coefficient (Wildman–Crippen LogP) is 4.62. The smallest absolute Gasteiger partial charge is 0.370 e. The zero-order valence-electron chi connectivity index (χ0n) is 17.7. The highest BCUT2D eigenvalue weighted by atomic mass is 19.4. The monoisotopic (exact) mass is 444 g/mol. The summed E-state index contributed by atoms with van der Waals surface area (Å²) in [7, 11) is 0.